The molecule has 8 N–H and O–H groups in total. The minimum absolute atomic E-state index is 0.0418. The van der Waals surface area contributed by atoms with Gasteiger partial charge in [0.15, 0.2) is 0 Å². The number of hydrogen-bond donors (Lipinski definition) is 6. The van der Waals surface area contributed by atoms with Gasteiger partial charge in [-0.05, 0) is 36.6 Å². The molecule has 3 amide bonds. The number of carboxylic acids is 1. The average Bonchev–Trinajstić information content (AvgIpc) is 2.83. The topological polar surface area (TPSA) is 194 Å². The summed E-state index contributed by atoms with van der Waals surface area (Å²) in [4.78, 5) is 48.0. The summed E-state index contributed by atoms with van der Waals surface area (Å²) in [6.45, 7) is -0.798. The van der Waals surface area contributed by atoms with Gasteiger partial charge in [0.25, 0.3) is 5.91 Å². The maximum atomic E-state index is 13.0. The lowest BCUT2D eigenvalue weighted by Crippen LogP contribution is -2.53. The third-order valence-electron chi connectivity index (χ3n) is 5.08. The van der Waals surface area contributed by atoms with Gasteiger partial charge in [-0.3, -0.25) is 14.4 Å². The number of amides is 3. The first-order chi connectivity index (χ1) is 17.1. The number of nitrogens with one attached hydrogen (secondary N) is 2. The molecule has 2 aromatic rings. The van der Waals surface area contributed by atoms with Crippen LogP contribution in [0, 0.1) is 0 Å². The van der Waals surface area contributed by atoms with Crippen molar-refractivity contribution in [1.29, 1.82) is 0 Å². The van der Waals surface area contributed by atoms with Gasteiger partial charge >= 0.3 is 5.97 Å². The maximum Gasteiger partial charge on any atom is 0.328 e. The normalized spacial score (nSPS) is 13.2. The van der Waals surface area contributed by atoms with E-state index < -0.39 is 42.4 Å². The molecule has 2 rings (SSSR count). The molecular formula is C24H29ClN4O7. The Hall–Kier alpha value is -3.67. The number of aliphatic carboxylic acids is 1. The standard InChI is InChI=1S/C24H29ClN4O7/c25-15-6-7-17(20(11-15)36-13-16(26)10-14-4-2-1-3-5-14)22(32)28-18(8-9-21(27)31)23(33)29-19(12-30)24(34)35/h1-7,11,16,18-19,30H,8-10,12-13,26H2,(H2,27,31)(H,28,32)(H,29,33)(H,34,35)/t16-,18+,19+/m1/s1. The van der Waals surface area contributed by atoms with Crippen LogP contribution in [0.3, 0.4) is 0 Å². The SMILES string of the molecule is NC(=O)CC[C@H](NC(=O)c1ccc(Cl)cc1OC[C@H](N)Cc1ccccc1)C(=O)N[C@@H](CO)C(=O)O. The summed E-state index contributed by atoms with van der Waals surface area (Å²) in [5.74, 6) is -3.71. The van der Waals surface area contributed by atoms with E-state index in [0.717, 1.165) is 5.56 Å². The third-order valence-corrected chi connectivity index (χ3v) is 5.32. The molecule has 0 fully saturated rings. The summed E-state index contributed by atoms with van der Waals surface area (Å²) in [5.41, 5.74) is 12.4. The van der Waals surface area contributed by atoms with Crippen LogP contribution in [-0.4, -0.2) is 65.2 Å². The lowest BCUT2D eigenvalue weighted by atomic mass is 10.1. The van der Waals surface area contributed by atoms with Gasteiger partial charge in [0.05, 0.1) is 12.2 Å². The van der Waals surface area contributed by atoms with E-state index in [2.05, 4.69) is 10.6 Å². The number of aliphatic hydroxyl groups excluding tert-OH is 1. The molecule has 0 radical (unpaired) electrons. The Kier molecular flexibility index (Phi) is 11.1. The molecule has 2 aromatic carbocycles. The first-order valence-corrected chi connectivity index (χ1v) is 11.4. The van der Waals surface area contributed by atoms with Gasteiger partial charge in [-0.2, -0.15) is 0 Å². The first kappa shape index (κ1) is 28.6. The quantitative estimate of drug-likeness (QED) is 0.203. The second-order valence-corrected chi connectivity index (χ2v) is 8.45. The summed E-state index contributed by atoms with van der Waals surface area (Å²) < 4.78 is 5.77. The van der Waals surface area contributed by atoms with E-state index in [1.54, 1.807) is 0 Å². The van der Waals surface area contributed by atoms with E-state index in [-0.39, 0.29) is 36.8 Å². The predicted octanol–water partition coefficient (Wildman–Crippen LogP) is 0.214. The minimum atomic E-state index is -1.59. The minimum Gasteiger partial charge on any atom is -0.491 e. The van der Waals surface area contributed by atoms with E-state index in [1.807, 2.05) is 30.3 Å². The Balaban J connectivity index is 2.15. The highest BCUT2D eigenvalue weighted by Crippen LogP contribution is 2.24. The molecular weight excluding hydrogens is 492 g/mol. The molecule has 0 saturated carbocycles. The maximum absolute atomic E-state index is 13.0. The van der Waals surface area contributed by atoms with Crippen molar-refractivity contribution in [3.05, 3.63) is 64.7 Å². The van der Waals surface area contributed by atoms with Crippen molar-refractivity contribution in [2.45, 2.75) is 37.4 Å². The Bertz CT molecular complexity index is 1070. The van der Waals surface area contributed by atoms with Gasteiger partial charge in [-0.15, -0.1) is 0 Å². The van der Waals surface area contributed by atoms with Crippen molar-refractivity contribution in [2.24, 2.45) is 11.5 Å². The number of carbonyl (C=O) groups is 4. The van der Waals surface area contributed by atoms with Crippen LogP contribution in [0.5, 0.6) is 5.75 Å². The van der Waals surface area contributed by atoms with E-state index >= 15 is 0 Å². The lowest BCUT2D eigenvalue weighted by Gasteiger charge is -2.21. The summed E-state index contributed by atoms with van der Waals surface area (Å²) in [6.07, 6.45) is 0.0812. The molecule has 0 bridgehead atoms. The fourth-order valence-corrected chi connectivity index (χ4v) is 3.39. The van der Waals surface area contributed by atoms with Gasteiger partial charge in [-0.1, -0.05) is 41.9 Å². The zero-order valence-corrected chi connectivity index (χ0v) is 20.1. The number of ether oxygens (including phenoxy) is 1. The molecule has 0 unspecified atom stereocenters. The van der Waals surface area contributed by atoms with Crippen LogP contribution in [0.1, 0.15) is 28.8 Å². The number of hydrogen-bond acceptors (Lipinski definition) is 7. The zero-order chi connectivity index (χ0) is 26.7. The molecule has 3 atom stereocenters. The zero-order valence-electron chi connectivity index (χ0n) is 19.4. The first-order valence-electron chi connectivity index (χ1n) is 11.1. The Morgan fingerprint density at radius 1 is 1.03 bits per heavy atom. The second kappa shape index (κ2) is 14.0. The van der Waals surface area contributed by atoms with Crippen LogP contribution < -0.4 is 26.8 Å². The van der Waals surface area contributed by atoms with Crippen LogP contribution in [0.2, 0.25) is 5.02 Å². The van der Waals surface area contributed by atoms with Gasteiger partial charge in [0.1, 0.15) is 24.4 Å². The molecule has 0 aromatic heterocycles. The van der Waals surface area contributed by atoms with Crippen molar-refractivity contribution < 1.29 is 34.1 Å². The monoisotopic (exact) mass is 520 g/mol. The molecule has 11 nitrogen and oxygen atoms in total. The fourth-order valence-electron chi connectivity index (χ4n) is 3.22. The average molecular weight is 521 g/mol. The molecule has 36 heavy (non-hydrogen) atoms. The van der Waals surface area contributed by atoms with Gasteiger partial charge in [0, 0.05) is 17.5 Å². The summed E-state index contributed by atoms with van der Waals surface area (Å²) in [5, 5.41) is 23.1. The highest BCUT2D eigenvalue weighted by atomic mass is 35.5. The largest absolute Gasteiger partial charge is 0.491 e. The van der Waals surface area contributed by atoms with E-state index in [9.17, 15) is 19.2 Å². The van der Waals surface area contributed by atoms with Crippen LogP contribution in [0.15, 0.2) is 48.5 Å². The number of carboxylic acid groups (broad SMARTS) is 1. The van der Waals surface area contributed by atoms with E-state index in [1.165, 1.54) is 18.2 Å². The smallest absolute Gasteiger partial charge is 0.328 e. The number of halogens is 1. The molecule has 0 saturated heterocycles. The molecule has 0 aliphatic heterocycles. The second-order valence-electron chi connectivity index (χ2n) is 8.01. The number of aliphatic hydroxyl groups is 1. The number of carbonyl (C=O) groups excluding carboxylic acids is 3. The predicted molar refractivity (Wildman–Crippen MR) is 131 cm³/mol. The van der Waals surface area contributed by atoms with Crippen molar-refractivity contribution >= 4 is 35.3 Å². The van der Waals surface area contributed by atoms with Crippen molar-refractivity contribution in [3.63, 3.8) is 0 Å². The van der Waals surface area contributed by atoms with Gasteiger partial charge < -0.3 is 37.1 Å². The van der Waals surface area contributed by atoms with Gasteiger partial charge in [-0.25, -0.2) is 4.79 Å². The number of benzene rings is 2. The van der Waals surface area contributed by atoms with E-state index in [0.29, 0.717) is 11.4 Å². The van der Waals surface area contributed by atoms with Crippen molar-refractivity contribution in [2.75, 3.05) is 13.2 Å². The van der Waals surface area contributed by atoms with Crippen LogP contribution >= 0.6 is 11.6 Å². The third kappa shape index (κ3) is 9.17. The molecule has 0 aliphatic rings. The molecule has 0 heterocycles. The van der Waals surface area contributed by atoms with Crippen LogP contribution in [0.4, 0.5) is 0 Å². The number of rotatable bonds is 14. The molecule has 194 valence electrons. The van der Waals surface area contributed by atoms with Crippen LogP contribution in [0.25, 0.3) is 0 Å². The van der Waals surface area contributed by atoms with Crippen molar-refractivity contribution in [1.82, 2.24) is 10.6 Å². The Morgan fingerprint density at radius 2 is 1.72 bits per heavy atom. The molecule has 0 spiro atoms. The van der Waals surface area contributed by atoms with E-state index in [4.69, 9.17) is 38.0 Å². The van der Waals surface area contributed by atoms with Crippen molar-refractivity contribution in [3.8, 4) is 5.75 Å². The number of nitrogens with two attached hydrogens (primary N) is 2. The lowest BCUT2D eigenvalue weighted by molar-refractivity contribution is -0.143. The Morgan fingerprint density at radius 3 is 2.33 bits per heavy atom. The summed E-state index contributed by atoms with van der Waals surface area (Å²) in [7, 11) is 0. The van der Waals surface area contributed by atoms with Crippen LogP contribution in [-0.2, 0) is 20.8 Å². The summed E-state index contributed by atoms with van der Waals surface area (Å²) in [6, 6.07) is 10.5. The molecule has 0 aliphatic carbocycles. The highest BCUT2D eigenvalue weighted by molar-refractivity contribution is 6.30. The fraction of sp³-hybridized carbons (Fsp3) is 0.333. The summed E-state index contributed by atoms with van der Waals surface area (Å²) >= 11 is 6.07. The molecule has 12 heteroatoms. The highest BCUT2D eigenvalue weighted by Gasteiger charge is 2.27. The van der Waals surface area contributed by atoms with Gasteiger partial charge in [0.2, 0.25) is 11.8 Å². The Labute approximate surface area is 212 Å². The number of primary amides is 1.